The summed E-state index contributed by atoms with van der Waals surface area (Å²) in [4.78, 5) is 22.9. The average molecular weight is 398 g/mol. The van der Waals surface area contributed by atoms with Crippen molar-refractivity contribution in [3.8, 4) is 0 Å². The molecule has 0 unspecified atom stereocenters. The van der Waals surface area contributed by atoms with Crippen molar-refractivity contribution in [1.29, 1.82) is 0 Å². The van der Waals surface area contributed by atoms with Gasteiger partial charge in [0, 0.05) is 43.8 Å². The third-order valence-corrected chi connectivity index (χ3v) is 5.07. The number of nitrogens with one attached hydrogen (secondary N) is 2. The van der Waals surface area contributed by atoms with Gasteiger partial charge in [-0.25, -0.2) is 4.79 Å². The van der Waals surface area contributed by atoms with Crippen molar-refractivity contribution < 1.29 is 9.53 Å². The van der Waals surface area contributed by atoms with Crippen LogP contribution in [0, 0.1) is 0 Å². The number of piperidine rings is 1. The number of carbonyl (C=O) groups excluding carboxylic acids is 1. The zero-order valence-electron chi connectivity index (χ0n) is 17.4. The van der Waals surface area contributed by atoms with Crippen LogP contribution < -0.4 is 10.6 Å². The van der Waals surface area contributed by atoms with Crippen LogP contribution >= 0.6 is 0 Å². The van der Waals surface area contributed by atoms with Gasteiger partial charge in [-0.3, -0.25) is 9.98 Å². The first-order valence-electron chi connectivity index (χ1n) is 10.5. The number of ether oxygens (including phenoxy) is 1. The number of guanidine groups is 1. The van der Waals surface area contributed by atoms with Crippen LogP contribution in [-0.2, 0) is 11.2 Å². The lowest BCUT2D eigenvalue weighted by molar-refractivity contribution is 0.0963. The Morgan fingerprint density at radius 1 is 1.24 bits per heavy atom. The van der Waals surface area contributed by atoms with E-state index in [-0.39, 0.29) is 6.09 Å². The second kappa shape index (κ2) is 10.6. The number of aliphatic imine (C=N–C) groups is 1. The van der Waals surface area contributed by atoms with E-state index in [1.54, 1.807) is 4.90 Å². The summed E-state index contributed by atoms with van der Waals surface area (Å²) in [7, 11) is 0. The summed E-state index contributed by atoms with van der Waals surface area (Å²) in [6.45, 7) is 7.22. The summed E-state index contributed by atoms with van der Waals surface area (Å²) in [6.07, 6.45) is 4.23. The largest absolute Gasteiger partial charge is 0.450 e. The van der Waals surface area contributed by atoms with Gasteiger partial charge in [0.1, 0.15) is 0 Å². The lowest BCUT2D eigenvalue weighted by atomic mass is 10.1. The van der Waals surface area contributed by atoms with Crippen LogP contribution in [0.3, 0.4) is 0 Å². The fourth-order valence-electron chi connectivity index (χ4n) is 3.59. The van der Waals surface area contributed by atoms with Crippen molar-refractivity contribution in [3.63, 3.8) is 0 Å². The molecule has 7 heteroatoms. The molecular weight excluding hydrogens is 366 g/mol. The molecule has 1 aliphatic rings. The second-order valence-corrected chi connectivity index (χ2v) is 7.11. The van der Waals surface area contributed by atoms with Gasteiger partial charge >= 0.3 is 6.09 Å². The number of nitrogens with zero attached hydrogens (tertiary/aromatic N) is 3. The molecule has 0 atom stereocenters. The Morgan fingerprint density at radius 2 is 2.03 bits per heavy atom. The molecule has 2 heterocycles. The number of fused-ring (bicyclic) bond motifs is 1. The van der Waals surface area contributed by atoms with E-state index in [9.17, 15) is 4.79 Å². The first kappa shape index (κ1) is 20.9. The maximum absolute atomic E-state index is 11.8. The number of likely N-dealkylation sites (tertiary alicyclic amines) is 1. The first-order valence-corrected chi connectivity index (χ1v) is 10.5. The summed E-state index contributed by atoms with van der Waals surface area (Å²) >= 11 is 0. The SMILES string of the molecule is CCNC(=NCCc1cccc2cccnc12)NC1CCN(C(=O)OCC)CC1. The highest BCUT2D eigenvalue weighted by Gasteiger charge is 2.24. The minimum atomic E-state index is -0.213. The molecule has 0 saturated carbocycles. The Kier molecular flexibility index (Phi) is 7.67. The van der Waals surface area contributed by atoms with Gasteiger partial charge in [0.05, 0.1) is 12.1 Å². The number of benzene rings is 1. The van der Waals surface area contributed by atoms with E-state index in [0.717, 1.165) is 42.7 Å². The molecule has 0 spiro atoms. The van der Waals surface area contributed by atoms with Gasteiger partial charge in [-0.05, 0) is 44.7 Å². The molecule has 29 heavy (non-hydrogen) atoms. The van der Waals surface area contributed by atoms with Crippen molar-refractivity contribution in [1.82, 2.24) is 20.5 Å². The van der Waals surface area contributed by atoms with E-state index in [0.29, 0.717) is 32.3 Å². The van der Waals surface area contributed by atoms with Crippen LogP contribution in [0.15, 0.2) is 41.5 Å². The molecule has 2 N–H and O–H groups in total. The first-order chi connectivity index (χ1) is 14.2. The van der Waals surface area contributed by atoms with Gasteiger partial charge in [0.15, 0.2) is 5.96 Å². The van der Waals surface area contributed by atoms with Gasteiger partial charge in [-0.15, -0.1) is 0 Å². The lowest BCUT2D eigenvalue weighted by Gasteiger charge is -2.32. The summed E-state index contributed by atoms with van der Waals surface area (Å²) in [5.74, 6) is 0.829. The number of carbonyl (C=O) groups is 1. The number of rotatable bonds is 6. The predicted molar refractivity (Wildman–Crippen MR) is 116 cm³/mol. The van der Waals surface area contributed by atoms with Crippen LogP contribution in [0.25, 0.3) is 10.9 Å². The molecule has 0 bridgehead atoms. The number of hydrogen-bond acceptors (Lipinski definition) is 4. The Balaban J connectivity index is 1.54. The fourth-order valence-corrected chi connectivity index (χ4v) is 3.59. The summed E-state index contributed by atoms with van der Waals surface area (Å²) in [5, 5.41) is 8.00. The van der Waals surface area contributed by atoms with Crippen LogP contribution in [0.5, 0.6) is 0 Å². The molecule has 1 fully saturated rings. The second-order valence-electron chi connectivity index (χ2n) is 7.11. The van der Waals surface area contributed by atoms with Crippen LogP contribution in [-0.4, -0.2) is 60.8 Å². The predicted octanol–water partition coefficient (Wildman–Crippen LogP) is 2.95. The maximum atomic E-state index is 11.8. The Hall–Kier alpha value is -2.83. The molecule has 156 valence electrons. The van der Waals surface area contributed by atoms with E-state index < -0.39 is 0 Å². The third kappa shape index (κ3) is 5.82. The molecular formula is C22H31N5O2. The highest BCUT2D eigenvalue weighted by Crippen LogP contribution is 2.16. The molecule has 2 aromatic rings. The van der Waals surface area contributed by atoms with Crippen LogP contribution in [0.1, 0.15) is 32.3 Å². The van der Waals surface area contributed by atoms with E-state index in [4.69, 9.17) is 9.73 Å². The Morgan fingerprint density at radius 3 is 2.79 bits per heavy atom. The molecule has 1 aliphatic heterocycles. The smallest absolute Gasteiger partial charge is 0.409 e. The zero-order valence-corrected chi connectivity index (χ0v) is 17.4. The van der Waals surface area contributed by atoms with Crippen LogP contribution in [0.2, 0.25) is 0 Å². The summed E-state index contributed by atoms with van der Waals surface area (Å²) < 4.78 is 5.09. The van der Waals surface area contributed by atoms with Gasteiger partial charge in [0.2, 0.25) is 0 Å². The molecule has 0 radical (unpaired) electrons. The van der Waals surface area contributed by atoms with Gasteiger partial charge in [-0.1, -0.05) is 24.3 Å². The van der Waals surface area contributed by atoms with Crippen molar-refractivity contribution in [2.75, 3.05) is 32.8 Å². The van der Waals surface area contributed by atoms with Crippen molar-refractivity contribution >= 4 is 23.0 Å². The highest BCUT2D eigenvalue weighted by molar-refractivity contribution is 5.82. The lowest BCUT2D eigenvalue weighted by Crippen LogP contribution is -2.50. The number of aromatic nitrogens is 1. The third-order valence-electron chi connectivity index (χ3n) is 5.07. The Labute approximate surface area is 172 Å². The van der Waals surface area contributed by atoms with E-state index in [2.05, 4.69) is 46.8 Å². The van der Waals surface area contributed by atoms with Gasteiger partial charge in [0.25, 0.3) is 0 Å². The normalized spacial score (nSPS) is 15.4. The van der Waals surface area contributed by atoms with Crippen molar-refractivity contribution in [2.45, 2.75) is 39.2 Å². The molecule has 1 saturated heterocycles. The summed E-state index contributed by atoms with van der Waals surface area (Å²) in [5.41, 5.74) is 2.26. The molecule has 3 rings (SSSR count). The molecule has 7 nitrogen and oxygen atoms in total. The molecule has 1 aromatic carbocycles. The molecule has 1 aromatic heterocycles. The summed E-state index contributed by atoms with van der Waals surface area (Å²) in [6, 6.07) is 10.6. The quantitative estimate of drug-likeness (QED) is 0.579. The van der Waals surface area contributed by atoms with Crippen molar-refractivity contribution in [2.24, 2.45) is 4.99 Å². The maximum Gasteiger partial charge on any atom is 0.409 e. The standard InChI is InChI=1S/C22H31N5O2/c1-3-23-21(26-19-11-15-27(16-12-19)22(28)29-4-2)25-14-10-18-8-5-7-17-9-6-13-24-20(17)18/h5-9,13,19H,3-4,10-12,14-16H2,1-2H3,(H2,23,25,26). The van der Waals surface area contributed by atoms with Gasteiger partial charge in [-0.2, -0.15) is 0 Å². The number of hydrogen-bond donors (Lipinski definition) is 2. The van der Waals surface area contributed by atoms with Crippen LogP contribution in [0.4, 0.5) is 4.79 Å². The minimum absolute atomic E-state index is 0.213. The van der Waals surface area contributed by atoms with E-state index >= 15 is 0 Å². The Bertz CT molecular complexity index is 826. The average Bonchev–Trinajstić information content (AvgIpc) is 2.75. The molecule has 1 amide bonds. The highest BCUT2D eigenvalue weighted by atomic mass is 16.6. The topological polar surface area (TPSA) is 78.9 Å². The van der Waals surface area contributed by atoms with E-state index in [1.807, 2.05) is 19.2 Å². The molecule has 0 aliphatic carbocycles. The fraction of sp³-hybridized carbons (Fsp3) is 0.500. The number of amides is 1. The number of pyridine rings is 1. The monoisotopic (exact) mass is 397 g/mol. The van der Waals surface area contributed by atoms with Gasteiger partial charge < -0.3 is 20.3 Å². The van der Waals surface area contributed by atoms with Crippen molar-refractivity contribution in [3.05, 3.63) is 42.1 Å². The minimum Gasteiger partial charge on any atom is -0.450 e. The zero-order chi connectivity index (χ0) is 20.5. The number of para-hydroxylation sites is 1. The van der Waals surface area contributed by atoms with E-state index in [1.165, 1.54) is 5.56 Å².